The van der Waals surface area contributed by atoms with Crippen LogP contribution >= 0.6 is 11.8 Å². The normalized spacial score (nSPS) is 13.3. The highest BCUT2D eigenvalue weighted by atomic mass is 32.2. The molecule has 0 unspecified atom stereocenters. The number of hydrogen-bond donors (Lipinski definition) is 0. The number of nitrogens with zero attached hydrogens (tertiary/aromatic N) is 3. The van der Waals surface area contributed by atoms with Crippen molar-refractivity contribution < 1.29 is 4.79 Å². The highest BCUT2D eigenvalue weighted by molar-refractivity contribution is 7.99. The molecular weight excluding hydrogens is 390 g/mol. The van der Waals surface area contributed by atoms with Crippen LogP contribution in [0.2, 0.25) is 0 Å². The quantitative estimate of drug-likeness (QED) is 0.223. The van der Waals surface area contributed by atoms with E-state index in [2.05, 4.69) is 22.6 Å². The minimum Gasteiger partial charge on any atom is -0.293 e. The molecule has 0 atom stereocenters. The van der Waals surface area contributed by atoms with Crippen molar-refractivity contribution in [3.63, 3.8) is 0 Å². The Morgan fingerprint density at radius 3 is 2.63 bits per heavy atom. The van der Waals surface area contributed by atoms with Gasteiger partial charge in [0.25, 0.3) is 0 Å². The Hall–Kier alpha value is -3.18. The molecule has 5 aromatic rings. The van der Waals surface area contributed by atoms with Crippen LogP contribution in [0.15, 0.2) is 71.9 Å². The van der Waals surface area contributed by atoms with Crippen molar-refractivity contribution in [2.24, 2.45) is 0 Å². The summed E-state index contributed by atoms with van der Waals surface area (Å²) in [6.07, 6.45) is 3.40. The predicted octanol–water partition coefficient (Wildman–Crippen LogP) is 5.50. The van der Waals surface area contributed by atoms with E-state index < -0.39 is 0 Å². The number of aryl methyl sites for hydroxylation is 2. The first-order valence-electron chi connectivity index (χ1n) is 10.2. The number of carbonyl (C=O) groups excluding carboxylic acids is 1. The molecule has 2 aromatic heterocycles. The van der Waals surface area contributed by atoms with Gasteiger partial charge >= 0.3 is 0 Å². The van der Waals surface area contributed by atoms with Crippen LogP contribution in [-0.2, 0) is 12.8 Å². The summed E-state index contributed by atoms with van der Waals surface area (Å²) in [6.45, 7) is 0. The lowest BCUT2D eigenvalue weighted by Gasteiger charge is -2.09. The number of imidazole rings is 1. The number of hydrogen-bond acceptors (Lipinski definition) is 4. The summed E-state index contributed by atoms with van der Waals surface area (Å²) < 4.78 is 2.08. The van der Waals surface area contributed by atoms with Crippen molar-refractivity contribution in [2.75, 3.05) is 5.75 Å². The second-order valence-electron chi connectivity index (χ2n) is 7.72. The van der Waals surface area contributed by atoms with E-state index >= 15 is 0 Å². The van der Waals surface area contributed by atoms with E-state index in [1.54, 1.807) is 0 Å². The number of fused-ring (bicyclic) bond motifs is 6. The average molecular weight is 410 g/mol. The van der Waals surface area contributed by atoms with Gasteiger partial charge in [-0.25, -0.2) is 9.97 Å². The van der Waals surface area contributed by atoms with Crippen LogP contribution in [-0.4, -0.2) is 25.9 Å². The fourth-order valence-electron chi connectivity index (χ4n) is 4.37. The summed E-state index contributed by atoms with van der Waals surface area (Å²) in [7, 11) is 0. The molecule has 1 aliphatic carbocycles. The largest absolute Gasteiger partial charge is 0.293 e. The molecule has 0 saturated heterocycles. The van der Waals surface area contributed by atoms with Crippen molar-refractivity contribution in [3.8, 4) is 0 Å². The molecule has 6 rings (SSSR count). The Morgan fingerprint density at radius 1 is 0.900 bits per heavy atom. The number of carbonyl (C=O) groups is 1. The average Bonchev–Trinajstić information content (AvgIpc) is 3.41. The number of Topliss-reactive ketones (excluding diaryl/α,β-unsaturated/α-hetero) is 1. The van der Waals surface area contributed by atoms with Gasteiger partial charge in [0.1, 0.15) is 5.65 Å². The van der Waals surface area contributed by atoms with Crippen molar-refractivity contribution in [1.82, 2.24) is 14.4 Å². The monoisotopic (exact) mass is 409 g/mol. The maximum atomic E-state index is 12.9. The van der Waals surface area contributed by atoms with Crippen LogP contribution < -0.4 is 0 Å². The molecule has 0 fully saturated rings. The zero-order chi connectivity index (χ0) is 20.1. The van der Waals surface area contributed by atoms with Gasteiger partial charge in [0.2, 0.25) is 0 Å². The third kappa shape index (κ3) is 2.81. The molecule has 0 aliphatic heterocycles. The molecule has 30 heavy (non-hydrogen) atoms. The molecule has 4 nitrogen and oxygen atoms in total. The van der Waals surface area contributed by atoms with Gasteiger partial charge in [-0.2, -0.15) is 0 Å². The lowest BCUT2D eigenvalue weighted by atomic mass is 10.0. The van der Waals surface area contributed by atoms with E-state index in [1.165, 1.54) is 29.3 Å². The van der Waals surface area contributed by atoms with Gasteiger partial charge in [0.15, 0.2) is 10.9 Å². The maximum absolute atomic E-state index is 12.9. The summed E-state index contributed by atoms with van der Waals surface area (Å²) in [5.74, 6) is 0.494. The van der Waals surface area contributed by atoms with Gasteiger partial charge in [-0.05, 0) is 60.7 Å². The van der Waals surface area contributed by atoms with Crippen LogP contribution in [0, 0.1) is 0 Å². The van der Waals surface area contributed by atoms with Gasteiger partial charge in [-0.1, -0.05) is 48.2 Å². The molecule has 0 bridgehead atoms. The van der Waals surface area contributed by atoms with E-state index in [9.17, 15) is 4.79 Å². The van der Waals surface area contributed by atoms with Crippen LogP contribution in [0.3, 0.4) is 0 Å². The first-order valence-corrected chi connectivity index (χ1v) is 11.2. The summed E-state index contributed by atoms with van der Waals surface area (Å²) in [6, 6.07) is 22.3. The molecule has 0 spiro atoms. The number of aromatic nitrogens is 3. The number of ketones is 1. The molecule has 146 valence electrons. The third-order valence-electron chi connectivity index (χ3n) is 5.87. The number of benzene rings is 3. The first-order chi connectivity index (χ1) is 14.8. The molecule has 5 heteroatoms. The fraction of sp³-hybridized carbons (Fsp3) is 0.160. The minimum atomic E-state index is 0.141. The van der Waals surface area contributed by atoms with Gasteiger partial charge in [-0.3, -0.25) is 9.20 Å². The zero-order valence-electron chi connectivity index (χ0n) is 16.3. The predicted molar refractivity (Wildman–Crippen MR) is 122 cm³/mol. The highest BCUT2D eigenvalue weighted by Gasteiger charge is 2.17. The Balaban J connectivity index is 1.41. The Kier molecular flexibility index (Phi) is 4.09. The minimum absolute atomic E-state index is 0.141. The molecule has 0 saturated carbocycles. The SMILES string of the molecule is O=C(CSc1nc2ccccc2c2nc3ccccc3n12)c1ccc2c(c1)CCC2. The Morgan fingerprint density at radius 2 is 1.70 bits per heavy atom. The summed E-state index contributed by atoms with van der Waals surface area (Å²) >= 11 is 1.48. The van der Waals surface area contributed by atoms with Crippen molar-refractivity contribution in [1.29, 1.82) is 0 Å². The maximum Gasteiger partial charge on any atom is 0.175 e. The Bertz CT molecular complexity index is 1450. The van der Waals surface area contributed by atoms with Crippen LogP contribution in [0.4, 0.5) is 0 Å². The van der Waals surface area contributed by atoms with E-state index in [4.69, 9.17) is 9.97 Å². The number of thioether (sulfide) groups is 1. The second kappa shape index (κ2) is 6.96. The molecule has 0 amide bonds. The van der Waals surface area contributed by atoms with E-state index in [0.29, 0.717) is 5.75 Å². The number of para-hydroxylation sites is 3. The van der Waals surface area contributed by atoms with Gasteiger partial charge in [0.05, 0.1) is 22.3 Å². The molecule has 0 radical (unpaired) electrons. The van der Waals surface area contributed by atoms with Crippen LogP contribution in [0.5, 0.6) is 0 Å². The topological polar surface area (TPSA) is 47.3 Å². The molecular formula is C25H19N3OS. The number of rotatable bonds is 4. The molecule has 2 heterocycles. The Labute approximate surface area is 178 Å². The van der Waals surface area contributed by atoms with E-state index in [-0.39, 0.29) is 5.78 Å². The van der Waals surface area contributed by atoms with Crippen LogP contribution in [0.1, 0.15) is 27.9 Å². The van der Waals surface area contributed by atoms with Crippen molar-refractivity contribution in [3.05, 3.63) is 83.4 Å². The third-order valence-corrected chi connectivity index (χ3v) is 6.80. The van der Waals surface area contributed by atoms with E-state index in [1.807, 2.05) is 48.5 Å². The summed E-state index contributed by atoms with van der Waals surface area (Å²) in [5.41, 5.74) is 7.25. The second-order valence-corrected chi connectivity index (χ2v) is 8.66. The molecule has 1 aliphatic rings. The van der Waals surface area contributed by atoms with Gasteiger partial charge in [0, 0.05) is 10.9 Å². The van der Waals surface area contributed by atoms with Gasteiger partial charge in [-0.15, -0.1) is 0 Å². The fourth-order valence-corrected chi connectivity index (χ4v) is 5.27. The van der Waals surface area contributed by atoms with Crippen molar-refractivity contribution in [2.45, 2.75) is 24.4 Å². The molecule has 3 aromatic carbocycles. The van der Waals surface area contributed by atoms with Crippen LogP contribution in [0.25, 0.3) is 27.6 Å². The molecule has 0 N–H and O–H groups in total. The van der Waals surface area contributed by atoms with Gasteiger partial charge < -0.3 is 0 Å². The first kappa shape index (κ1) is 17.7. The standard InChI is InChI=1S/C25H19N3OS/c29-23(18-13-12-16-6-5-7-17(16)14-18)15-30-25-27-20-9-2-1-8-19(20)24-26-21-10-3-4-11-22(21)28(24)25/h1-4,8-14H,5-7,15H2. The van der Waals surface area contributed by atoms with E-state index in [0.717, 1.165) is 51.1 Å². The lowest BCUT2D eigenvalue weighted by molar-refractivity contribution is 0.102. The summed E-state index contributed by atoms with van der Waals surface area (Å²) in [4.78, 5) is 22.7. The smallest absolute Gasteiger partial charge is 0.175 e. The lowest BCUT2D eigenvalue weighted by Crippen LogP contribution is -2.05. The highest BCUT2D eigenvalue weighted by Crippen LogP contribution is 2.30. The summed E-state index contributed by atoms with van der Waals surface area (Å²) in [5, 5.41) is 1.81. The van der Waals surface area contributed by atoms with Crippen molar-refractivity contribution >= 4 is 45.1 Å². The zero-order valence-corrected chi connectivity index (χ0v) is 17.2.